The first kappa shape index (κ1) is 16.1. The minimum Gasteiger partial charge on any atom is -0.264 e. The molecule has 0 atom stereocenters. The van der Waals surface area contributed by atoms with Crippen LogP contribution in [-0.4, -0.2) is 13.4 Å². The lowest BCUT2D eigenvalue weighted by Gasteiger charge is -2.24. The standard InChI is InChI=1S/C18H15FN2O2S/c19-16-8-10-17(11-9-16)21(14-15-5-4-12-20-13-15)24(22,23)18-6-2-1-3-7-18/h1-13H,14H2. The molecule has 4 nitrogen and oxygen atoms in total. The first-order valence-electron chi connectivity index (χ1n) is 7.29. The molecule has 1 heterocycles. The molecule has 0 bridgehead atoms. The molecule has 0 spiro atoms. The Hall–Kier alpha value is -2.73. The third-order valence-electron chi connectivity index (χ3n) is 3.49. The second-order valence-electron chi connectivity index (χ2n) is 5.16. The number of anilines is 1. The summed E-state index contributed by atoms with van der Waals surface area (Å²) in [5.74, 6) is -0.419. The molecule has 0 aliphatic heterocycles. The number of nitrogens with zero attached hydrogens (tertiary/aromatic N) is 2. The molecule has 2 aromatic carbocycles. The zero-order chi connectivity index (χ0) is 17.0. The number of sulfonamides is 1. The van der Waals surface area contributed by atoms with E-state index in [0.29, 0.717) is 5.69 Å². The lowest BCUT2D eigenvalue weighted by atomic mass is 10.2. The fourth-order valence-corrected chi connectivity index (χ4v) is 3.77. The van der Waals surface area contributed by atoms with Crippen LogP contribution in [-0.2, 0) is 16.6 Å². The van der Waals surface area contributed by atoms with E-state index in [4.69, 9.17) is 0 Å². The van der Waals surface area contributed by atoms with Crippen molar-refractivity contribution in [2.75, 3.05) is 4.31 Å². The number of halogens is 1. The van der Waals surface area contributed by atoms with Crippen molar-refractivity contribution in [3.8, 4) is 0 Å². The SMILES string of the molecule is O=S(=O)(c1ccccc1)N(Cc1cccnc1)c1ccc(F)cc1. The van der Waals surface area contributed by atoms with Gasteiger partial charge < -0.3 is 0 Å². The maximum atomic E-state index is 13.2. The van der Waals surface area contributed by atoms with Gasteiger partial charge in [-0.25, -0.2) is 12.8 Å². The lowest BCUT2D eigenvalue weighted by molar-refractivity contribution is 0.590. The third kappa shape index (κ3) is 3.44. The summed E-state index contributed by atoms with van der Waals surface area (Å²) in [4.78, 5) is 4.20. The zero-order valence-corrected chi connectivity index (χ0v) is 13.5. The highest BCUT2D eigenvalue weighted by Gasteiger charge is 2.25. The van der Waals surface area contributed by atoms with Crippen LogP contribution >= 0.6 is 0 Å². The molecule has 0 aliphatic rings. The van der Waals surface area contributed by atoms with E-state index in [1.165, 1.54) is 40.7 Å². The van der Waals surface area contributed by atoms with Crippen molar-refractivity contribution in [1.82, 2.24) is 4.98 Å². The van der Waals surface area contributed by atoms with Gasteiger partial charge in [0.15, 0.2) is 0 Å². The summed E-state index contributed by atoms with van der Waals surface area (Å²) in [5, 5.41) is 0. The van der Waals surface area contributed by atoms with Crippen molar-refractivity contribution in [1.29, 1.82) is 0 Å². The van der Waals surface area contributed by atoms with Gasteiger partial charge >= 0.3 is 0 Å². The Morgan fingerprint density at radius 3 is 2.25 bits per heavy atom. The number of hydrogen-bond acceptors (Lipinski definition) is 3. The molecule has 0 fully saturated rings. The van der Waals surface area contributed by atoms with Crippen LogP contribution in [0.25, 0.3) is 0 Å². The molecule has 1 aromatic heterocycles. The van der Waals surface area contributed by atoms with Crippen LogP contribution in [0.5, 0.6) is 0 Å². The lowest BCUT2D eigenvalue weighted by Crippen LogP contribution is -2.30. The van der Waals surface area contributed by atoms with Crippen LogP contribution in [0.1, 0.15) is 5.56 Å². The molecule has 122 valence electrons. The summed E-state index contributed by atoms with van der Waals surface area (Å²) in [6, 6.07) is 17.1. The predicted molar refractivity (Wildman–Crippen MR) is 90.4 cm³/mol. The fraction of sp³-hybridized carbons (Fsp3) is 0.0556. The second kappa shape index (κ2) is 6.80. The van der Waals surface area contributed by atoms with Crippen LogP contribution < -0.4 is 4.31 Å². The molecule has 0 aliphatic carbocycles. The summed E-state index contributed by atoms with van der Waals surface area (Å²) < 4.78 is 40.5. The monoisotopic (exact) mass is 342 g/mol. The summed E-state index contributed by atoms with van der Waals surface area (Å²) in [6.45, 7) is 0.108. The van der Waals surface area contributed by atoms with Crippen molar-refractivity contribution in [3.05, 3.63) is 90.5 Å². The molecular weight excluding hydrogens is 327 g/mol. The Balaban J connectivity index is 2.06. The summed E-state index contributed by atoms with van der Waals surface area (Å²) in [7, 11) is -3.78. The van der Waals surface area contributed by atoms with Gasteiger partial charge in [0.25, 0.3) is 10.0 Å². The van der Waals surface area contributed by atoms with Gasteiger partial charge in [0.1, 0.15) is 5.82 Å². The Kier molecular flexibility index (Phi) is 4.57. The van der Waals surface area contributed by atoms with Gasteiger partial charge in [0.05, 0.1) is 17.1 Å². The maximum absolute atomic E-state index is 13.2. The quantitative estimate of drug-likeness (QED) is 0.712. The first-order chi connectivity index (χ1) is 11.6. The number of rotatable bonds is 5. The molecule has 0 radical (unpaired) electrons. The minimum absolute atomic E-state index is 0.108. The van der Waals surface area contributed by atoms with Crippen molar-refractivity contribution >= 4 is 15.7 Å². The van der Waals surface area contributed by atoms with Crippen molar-refractivity contribution in [2.45, 2.75) is 11.4 Å². The summed E-state index contributed by atoms with van der Waals surface area (Å²) in [5.41, 5.74) is 1.13. The molecule has 0 unspecified atom stereocenters. The molecule has 3 aromatic rings. The van der Waals surface area contributed by atoms with E-state index in [1.54, 1.807) is 42.7 Å². The number of hydrogen-bond donors (Lipinski definition) is 0. The van der Waals surface area contributed by atoms with Crippen LogP contribution in [0.15, 0.2) is 84.0 Å². The van der Waals surface area contributed by atoms with Crippen molar-refractivity contribution in [3.63, 3.8) is 0 Å². The zero-order valence-electron chi connectivity index (χ0n) is 12.7. The molecule has 24 heavy (non-hydrogen) atoms. The number of pyridine rings is 1. The minimum atomic E-state index is -3.78. The van der Waals surface area contributed by atoms with Gasteiger partial charge in [0.2, 0.25) is 0 Å². The van der Waals surface area contributed by atoms with Crippen LogP contribution in [0.2, 0.25) is 0 Å². The van der Waals surface area contributed by atoms with Crippen molar-refractivity contribution < 1.29 is 12.8 Å². The smallest absolute Gasteiger partial charge is 0.264 e. The van der Waals surface area contributed by atoms with Crippen LogP contribution in [0.4, 0.5) is 10.1 Å². The highest BCUT2D eigenvalue weighted by Crippen LogP contribution is 2.25. The van der Waals surface area contributed by atoms with Crippen LogP contribution in [0, 0.1) is 5.82 Å². The molecule has 0 saturated carbocycles. The maximum Gasteiger partial charge on any atom is 0.264 e. The van der Waals surface area contributed by atoms with E-state index in [9.17, 15) is 12.8 Å². The van der Waals surface area contributed by atoms with E-state index in [1.807, 2.05) is 0 Å². The molecule has 6 heteroatoms. The van der Waals surface area contributed by atoms with E-state index in [2.05, 4.69) is 4.98 Å². The van der Waals surface area contributed by atoms with E-state index in [-0.39, 0.29) is 11.4 Å². The summed E-state index contributed by atoms with van der Waals surface area (Å²) >= 11 is 0. The average Bonchev–Trinajstić information content (AvgIpc) is 2.62. The van der Waals surface area contributed by atoms with E-state index >= 15 is 0 Å². The molecule has 0 saturated heterocycles. The van der Waals surface area contributed by atoms with Gasteiger partial charge in [-0.3, -0.25) is 9.29 Å². The summed E-state index contributed by atoms with van der Waals surface area (Å²) in [6.07, 6.45) is 3.23. The van der Waals surface area contributed by atoms with Crippen molar-refractivity contribution in [2.24, 2.45) is 0 Å². The largest absolute Gasteiger partial charge is 0.264 e. The highest BCUT2D eigenvalue weighted by molar-refractivity contribution is 7.92. The first-order valence-corrected chi connectivity index (χ1v) is 8.73. The highest BCUT2D eigenvalue weighted by atomic mass is 32.2. The fourth-order valence-electron chi connectivity index (χ4n) is 2.30. The Bertz CT molecular complexity index is 899. The molecule has 0 N–H and O–H groups in total. The number of aromatic nitrogens is 1. The average molecular weight is 342 g/mol. The van der Waals surface area contributed by atoms with E-state index in [0.717, 1.165) is 5.56 Å². The predicted octanol–water partition coefficient (Wildman–Crippen LogP) is 3.62. The third-order valence-corrected chi connectivity index (χ3v) is 5.28. The van der Waals surface area contributed by atoms with Crippen LogP contribution in [0.3, 0.4) is 0 Å². The number of benzene rings is 2. The Labute approximate surface area is 140 Å². The molecular formula is C18H15FN2O2S. The van der Waals surface area contributed by atoms with Gasteiger partial charge in [-0.05, 0) is 48.0 Å². The topological polar surface area (TPSA) is 50.3 Å². The second-order valence-corrected chi connectivity index (χ2v) is 7.02. The van der Waals surface area contributed by atoms with Gasteiger partial charge in [0, 0.05) is 12.4 Å². The van der Waals surface area contributed by atoms with Gasteiger partial charge in [-0.2, -0.15) is 0 Å². The van der Waals surface area contributed by atoms with Gasteiger partial charge in [-0.15, -0.1) is 0 Å². The Morgan fingerprint density at radius 1 is 0.917 bits per heavy atom. The normalized spacial score (nSPS) is 11.2. The molecule has 3 rings (SSSR count). The Morgan fingerprint density at radius 2 is 1.62 bits per heavy atom. The molecule has 0 amide bonds. The van der Waals surface area contributed by atoms with Gasteiger partial charge in [-0.1, -0.05) is 24.3 Å². The van der Waals surface area contributed by atoms with E-state index < -0.39 is 15.8 Å².